The van der Waals surface area contributed by atoms with Crippen molar-refractivity contribution in [2.75, 3.05) is 13.2 Å². The van der Waals surface area contributed by atoms with Crippen LogP contribution in [0.1, 0.15) is 45.3 Å². The molecule has 0 fully saturated rings. The lowest BCUT2D eigenvalue weighted by atomic mass is 10.1. The van der Waals surface area contributed by atoms with Crippen LogP contribution >= 0.6 is 7.60 Å². The summed E-state index contributed by atoms with van der Waals surface area (Å²) in [6, 6.07) is 9.44. The zero-order chi connectivity index (χ0) is 17.3. The van der Waals surface area contributed by atoms with Gasteiger partial charge in [-0.3, -0.25) is 4.57 Å². The van der Waals surface area contributed by atoms with Crippen molar-refractivity contribution >= 4 is 13.8 Å². The molecule has 0 saturated carbocycles. The van der Waals surface area contributed by atoms with Gasteiger partial charge < -0.3 is 14.3 Å². The van der Waals surface area contributed by atoms with Crippen molar-refractivity contribution in [2.24, 2.45) is 17.0 Å². The predicted octanol–water partition coefficient (Wildman–Crippen LogP) is 5.12. The average molecular weight is 341 g/mol. The fourth-order valence-corrected chi connectivity index (χ4v) is 4.33. The third-order valence-corrected chi connectivity index (χ3v) is 5.44. The Kier molecular flexibility index (Phi) is 8.53. The highest BCUT2D eigenvalue weighted by Gasteiger charge is 2.37. The lowest BCUT2D eigenvalue weighted by Crippen LogP contribution is -2.12. The highest BCUT2D eigenvalue weighted by molar-refractivity contribution is 7.54. The van der Waals surface area contributed by atoms with Gasteiger partial charge in [-0.15, -0.1) is 5.16 Å². The van der Waals surface area contributed by atoms with Crippen molar-refractivity contribution in [1.82, 2.24) is 0 Å². The van der Waals surface area contributed by atoms with Crippen LogP contribution in [-0.2, 0) is 13.6 Å². The second-order valence-corrected chi connectivity index (χ2v) is 8.60. The minimum atomic E-state index is -3.39. The summed E-state index contributed by atoms with van der Waals surface area (Å²) >= 11 is 0. The van der Waals surface area contributed by atoms with Crippen LogP contribution in [0, 0.1) is 11.8 Å². The highest BCUT2D eigenvalue weighted by atomic mass is 31.2. The Bertz CT molecular complexity index is 501. The maximum Gasteiger partial charge on any atom is 0.338 e. The van der Waals surface area contributed by atoms with Gasteiger partial charge in [0.1, 0.15) is 0 Å². The molecule has 1 aromatic carbocycles. The standard InChI is InChI=1S/C17H28NO4P/c1-14(2)12-21-23(20,22-13-15(3)4)17(10-11-18-19)16-8-6-5-7-9-16/h5-9,11,14-15,17,19H,10,12-13H2,1-4H3. The van der Waals surface area contributed by atoms with E-state index < -0.39 is 13.3 Å². The predicted molar refractivity (Wildman–Crippen MR) is 93.3 cm³/mol. The van der Waals surface area contributed by atoms with E-state index in [4.69, 9.17) is 14.3 Å². The summed E-state index contributed by atoms with van der Waals surface area (Å²) in [4.78, 5) is 0. The minimum Gasteiger partial charge on any atom is -0.411 e. The fourth-order valence-electron chi connectivity index (χ4n) is 1.99. The van der Waals surface area contributed by atoms with E-state index in [0.717, 1.165) is 5.56 Å². The van der Waals surface area contributed by atoms with E-state index in [0.29, 0.717) is 13.2 Å². The van der Waals surface area contributed by atoms with Crippen molar-refractivity contribution in [3.05, 3.63) is 35.9 Å². The summed E-state index contributed by atoms with van der Waals surface area (Å²) in [7, 11) is -3.39. The van der Waals surface area contributed by atoms with E-state index in [1.165, 1.54) is 6.21 Å². The van der Waals surface area contributed by atoms with E-state index in [1.807, 2.05) is 58.0 Å². The summed E-state index contributed by atoms with van der Waals surface area (Å²) < 4.78 is 24.9. The van der Waals surface area contributed by atoms with Gasteiger partial charge in [-0.1, -0.05) is 58.0 Å². The Balaban J connectivity index is 3.11. The summed E-state index contributed by atoms with van der Waals surface area (Å²) in [5, 5.41) is 11.8. The minimum absolute atomic E-state index is 0.244. The van der Waals surface area contributed by atoms with Crippen molar-refractivity contribution in [3.63, 3.8) is 0 Å². The normalized spacial score (nSPS) is 14.0. The van der Waals surface area contributed by atoms with E-state index in [-0.39, 0.29) is 18.3 Å². The molecule has 0 aliphatic carbocycles. The lowest BCUT2D eigenvalue weighted by molar-refractivity contribution is 0.167. The molecule has 0 bridgehead atoms. The zero-order valence-corrected chi connectivity index (χ0v) is 15.3. The molecule has 1 atom stereocenters. The van der Waals surface area contributed by atoms with E-state index in [2.05, 4.69) is 5.16 Å². The first-order valence-corrected chi connectivity index (χ1v) is 9.60. The molecule has 1 rings (SSSR count). The van der Waals surface area contributed by atoms with Gasteiger partial charge in [0.25, 0.3) is 0 Å². The Morgan fingerprint density at radius 2 is 1.61 bits per heavy atom. The van der Waals surface area contributed by atoms with Crippen LogP contribution in [-0.4, -0.2) is 24.6 Å². The van der Waals surface area contributed by atoms with Gasteiger partial charge in [-0.05, 0) is 17.4 Å². The number of rotatable bonds is 10. The van der Waals surface area contributed by atoms with Crippen LogP contribution in [0.2, 0.25) is 0 Å². The third kappa shape index (κ3) is 6.86. The summed E-state index contributed by atoms with van der Waals surface area (Å²) in [5.74, 6) is 0.489. The Morgan fingerprint density at radius 3 is 2.04 bits per heavy atom. The van der Waals surface area contributed by atoms with Crippen molar-refractivity contribution in [1.29, 1.82) is 0 Å². The maximum atomic E-state index is 13.4. The molecule has 0 heterocycles. The molecule has 0 radical (unpaired) electrons. The average Bonchev–Trinajstić information content (AvgIpc) is 2.52. The first kappa shape index (κ1) is 19.9. The van der Waals surface area contributed by atoms with Gasteiger partial charge in [-0.2, -0.15) is 0 Å². The van der Waals surface area contributed by atoms with Crippen molar-refractivity contribution in [2.45, 2.75) is 39.8 Å². The monoisotopic (exact) mass is 341 g/mol. The van der Waals surface area contributed by atoms with Crippen LogP contribution in [0.15, 0.2) is 35.5 Å². The number of oxime groups is 1. The molecular weight excluding hydrogens is 313 g/mol. The first-order valence-electron chi connectivity index (χ1n) is 7.98. The fraction of sp³-hybridized carbons (Fsp3) is 0.588. The third-order valence-electron chi connectivity index (χ3n) is 3.15. The molecule has 0 aliphatic heterocycles. The number of benzene rings is 1. The highest BCUT2D eigenvalue weighted by Crippen LogP contribution is 2.62. The van der Waals surface area contributed by atoms with Crippen molar-refractivity contribution < 1.29 is 18.8 Å². The van der Waals surface area contributed by atoms with Gasteiger partial charge in [0, 0.05) is 12.6 Å². The zero-order valence-electron chi connectivity index (χ0n) is 14.4. The van der Waals surface area contributed by atoms with Gasteiger partial charge in [0.05, 0.1) is 18.9 Å². The number of nitrogens with zero attached hydrogens (tertiary/aromatic N) is 1. The smallest absolute Gasteiger partial charge is 0.338 e. The van der Waals surface area contributed by atoms with E-state index >= 15 is 0 Å². The van der Waals surface area contributed by atoms with Crippen LogP contribution < -0.4 is 0 Å². The van der Waals surface area contributed by atoms with Gasteiger partial charge in [0.15, 0.2) is 0 Å². The maximum absolute atomic E-state index is 13.4. The molecule has 1 N–H and O–H groups in total. The quantitative estimate of drug-likeness (QED) is 0.278. The molecule has 1 aromatic rings. The molecular formula is C17H28NO4P. The first-order chi connectivity index (χ1) is 10.9. The van der Waals surface area contributed by atoms with Crippen LogP contribution in [0.5, 0.6) is 0 Å². The van der Waals surface area contributed by atoms with Crippen molar-refractivity contribution in [3.8, 4) is 0 Å². The van der Waals surface area contributed by atoms with E-state index in [1.54, 1.807) is 0 Å². The molecule has 1 unspecified atom stereocenters. The second-order valence-electron chi connectivity index (χ2n) is 6.38. The van der Waals surface area contributed by atoms with E-state index in [9.17, 15) is 4.57 Å². The SMILES string of the molecule is CC(C)COP(=O)(OCC(C)C)C(CC=NO)c1ccccc1. The molecule has 23 heavy (non-hydrogen) atoms. The van der Waals surface area contributed by atoms with Gasteiger partial charge in [0.2, 0.25) is 0 Å². The molecule has 130 valence electrons. The molecule has 5 nitrogen and oxygen atoms in total. The lowest BCUT2D eigenvalue weighted by Gasteiger charge is -2.27. The summed E-state index contributed by atoms with van der Waals surface area (Å²) in [6.07, 6.45) is 1.62. The molecule has 6 heteroatoms. The second kappa shape index (κ2) is 9.86. The van der Waals surface area contributed by atoms with Gasteiger partial charge in [-0.25, -0.2) is 0 Å². The van der Waals surface area contributed by atoms with Crippen LogP contribution in [0.4, 0.5) is 0 Å². The molecule has 0 saturated heterocycles. The Morgan fingerprint density at radius 1 is 1.09 bits per heavy atom. The Hall–Kier alpha value is -1.16. The van der Waals surface area contributed by atoms with Gasteiger partial charge >= 0.3 is 7.60 Å². The Labute approximate surface area is 139 Å². The largest absolute Gasteiger partial charge is 0.411 e. The topological polar surface area (TPSA) is 68.1 Å². The molecule has 0 spiro atoms. The molecule has 0 aliphatic rings. The summed E-state index contributed by atoms with van der Waals surface area (Å²) in [6.45, 7) is 8.71. The molecule has 0 amide bonds. The van der Waals surface area contributed by atoms with Crippen LogP contribution in [0.25, 0.3) is 0 Å². The molecule has 0 aromatic heterocycles. The van der Waals surface area contributed by atoms with Crippen LogP contribution in [0.3, 0.4) is 0 Å². The number of hydrogen-bond acceptors (Lipinski definition) is 5. The summed E-state index contributed by atoms with van der Waals surface area (Å²) in [5.41, 5.74) is 0.361. The number of hydrogen-bond donors (Lipinski definition) is 1.